The summed E-state index contributed by atoms with van der Waals surface area (Å²) in [5, 5.41) is 3.30. The molecule has 0 aliphatic rings. The molecule has 1 N–H and O–H groups in total. The van der Waals surface area contributed by atoms with Gasteiger partial charge in [-0.05, 0) is 24.3 Å². The molecule has 1 amide bonds. The third-order valence-corrected chi connectivity index (χ3v) is 3.45. The molecule has 6 heteroatoms. The van der Waals surface area contributed by atoms with Crippen LogP contribution in [0.4, 0.5) is 5.82 Å². The molecule has 3 aromatic rings. The van der Waals surface area contributed by atoms with Crippen LogP contribution in [0.5, 0.6) is 5.75 Å². The Morgan fingerprint density at radius 1 is 1.22 bits per heavy atom. The summed E-state index contributed by atoms with van der Waals surface area (Å²) in [6, 6.07) is 12.1. The van der Waals surface area contributed by atoms with Crippen LogP contribution in [0.1, 0.15) is 0 Å². The fourth-order valence-electron chi connectivity index (χ4n) is 2.37. The minimum atomic E-state index is -0.254. The van der Waals surface area contributed by atoms with Crippen molar-refractivity contribution < 1.29 is 9.53 Å². The van der Waals surface area contributed by atoms with Crippen LogP contribution in [-0.2, 0) is 11.3 Å². The third kappa shape index (κ3) is 3.06. The summed E-state index contributed by atoms with van der Waals surface area (Å²) in [7, 11) is 1.52. The zero-order valence-electron chi connectivity index (χ0n) is 12.5. The first kappa shape index (κ1) is 14.8. The van der Waals surface area contributed by atoms with Gasteiger partial charge in [0.25, 0.3) is 0 Å². The number of para-hydroxylation sites is 1. The molecule has 0 unspecified atom stereocenters. The normalized spacial score (nSPS) is 10.5. The van der Waals surface area contributed by atoms with Crippen LogP contribution in [0.25, 0.3) is 10.9 Å². The highest BCUT2D eigenvalue weighted by atomic mass is 16.5. The molecule has 0 saturated heterocycles. The lowest BCUT2D eigenvalue weighted by molar-refractivity contribution is -0.116. The van der Waals surface area contributed by atoms with E-state index in [9.17, 15) is 9.59 Å². The van der Waals surface area contributed by atoms with Gasteiger partial charge in [0.1, 0.15) is 6.54 Å². The van der Waals surface area contributed by atoms with Crippen LogP contribution in [0.2, 0.25) is 0 Å². The maximum Gasteiger partial charge on any atom is 0.245 e. The zero-order chi connectivity index (χ0) is 16.2. The van der Waals surface area contributed by atoms with Gasteiger partial charge in [-0.3, -0.25) is 9.59 Å². The standard InChI is InChI=1S/C17H15N3O3/c1-23-15-7-4-9-18-17(15)19-16(22)11-20-10-8-14(21)12-5-2-3-6-13(12)20/h2-10H,11H2,1H3,(H,18,19,22). The average Bonchev–Trinajstić information content (AvgIpc) is 2.58. The summed E-state index contributed by atoms with van der Waals surface area (Å²) >= 11 is 0. The van der Waals surface area contributed by atoms with Crippen molar-refractivity contribution in [2.75, 3.05) is 12.4 Å². The summed E-state index contributed by atoms with van der Waals surface area (Å²) in [5.41, 5.74) is 0.645. The van der Waals surface area contributed by atoms with E-state index in [0.717, 1.165) is 0 Å². The van der Waals surface area contributed by atoms with Gasteiger partial charge in [-0.25, -0.2) is 4.98 Å². The molecule has 2 heterocycles. The predicted octanol–water partition coefficient (Wildman–Crippen LogP) is 2.04. The molecule has 0 atom stereocenters. The van der Waals surface area contributed by atoms with Crippen LogP contribution < -0.4 is 15.5 Å². The molecule has 0 spiro atoms. The molecule has 0 bridgehead atoms. The quantitative estimate of drug-likeness (QED) is 0.800. The molecule has 116 valence electrons. The van der Waals surface area contributed by atoms with Gasteiger partial charge in [0.05, 0.1) is 12.6 Å². The number of nitrogens with zero attached hydrogens (tertiary/aromatic N) is 2. The van der Waals surface area contributed by atoms with Crippen molar-refractivity contribution in [1.82, 2.24) is 9.55 Å². The van der Waals surface area contributed by atoms with Gasteiger partial charge in [0.15, 0.2) is 17.0 Å². The van der Waals surface area contributed by atoms with Crippen molar-refractivity contribution in [2.45, 2.75) is 6.54 Å². The lowest BCUT2D eigenvalue weighted by atomic mass is 10.2. The van der Waals surface area contributed by atoms with Gasteiger partial charge in [-0.1, -0.05) is 12.1 Å². The first-order valence-corrected chi connectivity index (χ1v) is 7.06. The molecule has 0 radical (unpaired) electrons. The lowest BCUT2D eigenvalue weighted by Crippen LogP contribution is -2.21. The summed E-state index contributed by atoms with van der Waals surface area (Å²) < 4.78 is 6.88. The van der Waals surface area contributed by atoms with Gasteiger partial charge >= 0.3 is 0 Å². The Balaban J connectivity index is 1.86. The smallest absolute Gasteiger partial charge is 0.245 e. The summed E-state index contributed by atoms with van der Waals surface area (Å²) in [4.78, 5) is 28.2. The van der Waals surface area contributed by atoms with Crippen LogP contribution >= 0.6 is 0 Å². The first-order valence-electron chi connectivity index (χ1n) is 7.06. The number of fused-ring (bicyclic) bond motifs is 1. The van der Waals surface area contributed by atoms with Crippen LogP contribution in [-0.4, -0.2) is 22.6 Å². The maximum absolute atomic E-state index is 12.3. The van der Waals surface area contributed by atoms with Gasteiger partial charge in [-0.15, -0.1) is 0 Å². The number of rotatable bonds is 4. The van der Waals surface area contributed by atoms with Crippen molar-refractivity contribution in [2.24, 2.45) is 0 Å². The summed E-state index contributed by atoms with van der Waals surface area (Å²) in [6.45, 7) is 0.0700. The minimum absolute atomic E-state index is 0.0661. The molecular weight excluding hydrogens is 294 g/mol. The number of hydrogen-bond donors (Lipinski definition) is 1. The number of methoxy groups -OCH3 is 1. The van der Waals surface area contributed by atoms with Crippen LogP contribution in [0, 0.1) is 0 Å². The van der Waals surface area contributed by atoms with E-state index in [1.54, 1.807) is 41.2 Å². The van der Waals surface area contributed by atoms with E-state index >= 15 is 0 Å². The number of hydrogen-bond acceptors (Lipinski definition) is 4. The van der Waals surface area contributed by atoms with E-state index in [2.05, 4.69) is 10.3 Å². The molecule has 0 fully saturated rings. The van der Waals surface area contributed by atoms with E-state index in [-0.39, 0.29) is 17.9 Å². The fourth-order valence-corrected chi connectivity index (χ4v) is 2.37. The second-order valence-corrected chi connectivity index (χ2v) is 4.93. The number of carbonyl (C=O) groups is 1. The molecule has 0 saturated carbocycles. The second-order valence-electron chi connectivity index (χ2n) is 4.93. The lowest BCUT2D eigenvalue weighted by Gasteiger charge is -2.12. The molecule has 2 aromatic heterocycles. The molecule has 1 aromatic carbocycles. The fraction of sp³-hybridized carbons (Fsp3) is 0.118. The number of aromatic nitrogens is 2. The van der Waals surface area contributed by atoms with Crippen molar-refractivity contribution in [1.29, 1.82) is 0 Å². The van der Waals surface area contributed by atoms with Crippen LogP contribution in [0.15, 0.2) is 59.7 Å². The van der Waals surface area contributed by atoms with Crippen molar-refractivity contribution in [3.05, 3.63) is 65.1 Å². The summed E-state index contributed by atoms with van der Waals surface area (Å²) in [5.74, 6) is 0.603. The Hall–Kier alpha value is -3.15. The molecular formula is C17H15N3O3. The highest BCUT2D eigenvalue weighted by Gasteiger charge is 2.10. The highest BCUT2D eigenvalue weighted by Crippen LogP contribution is 2.20. The number of anilines is 1. The Bertz CT molecular complexity index is 918. The Kier molecular flexibility index (Phi) is 4.05. The van der Waals surface area contributed by atoms with Crippen molar-refractivity contribution >= 4 is 22.6 Å². The van der Waals surface area contributed by atoms with Gasteiger partial charge in [0, 0.05) is 23.8 Å². The number of amides is 1. The number of benzene rings is 1. The minimum Gasteiger partial charge on any atom is -0.493 e. The van der Waals surface area contributed by atoms with Gasteiger partial charge < -0.3 is 14.6 Å². The number of pyridine rings is 2. The molecule has 6 nitrogen and oxygen atoms in total. The van der Waals surface area contributed by atoms with E-state index < -0.39 is 0 Å². The summed E-state index contributed by atoms with van der Waals surface area (Å²) in [6.07, 6.45) is 3.19. The van der Waals surface area contributed by atoms with Gasteiger partial charge in [0.2, 0.25) is 5.91 Å². The number of nitrogens with one attached hydrogen (secondary N) is 1. The highest BCUT2D eigenvalue weighted by molar-refractivity contribution is 5.92. The SMILES string of the molecule is COc1cccnc1NC(=O)Cn1ccc(=O)c2ccccc21. The number of ether oxygens (including phenoxy) is 1. The average molecular weight is 309 g/mol. The topological polar surface area (TPSA) is 73.2 Å². The monoisotopic (exact) mass is 309 g/mol. The van der Waals surface area contributed by atoms with Crippen LogP contribution in [0.3, 0.4) is 0 Å². The maximum atomic E-state index is 12.3. The zero-order valence-corrected chi connectivity index (χ0v) is 12.5. The van der Waals surface area contributed by atoms with Gasteiger partial charge in [-0.2, -0.15) is 0 Å². The largest absolute Gasteiger partial charge is 0.493 e. The Morgan fingerprint density at radius 3 is 2.87 bits per heavy atom. The van der Waals surface area contributed by atoms with Crippen molar-refractivity contribution in [3.8, 4) is 5.75 Å². The Morgan fingerprint density at radius 2 is 2.04 bits per heavy atom. The molecule has 3 rings (SSSR count). The third-order valence-electron chi connectivity index (χ3n) is 3.45. The first-order chi connectivity index (χ1) is 11.2. The predicted molar refractivity (Wildman–Crippen MR) is 87.6 cm³/mol. The van der Waals surface area contributed by atoms with Crippen molar-refractivity contribution in [3.63, 3.8) is 0 Å². The van der Waals surface area contributed by atoms with E-state index in [1.165, 1.54) is 13.2 Å². The molecule has 0 aliphatic carbocycles. The second kappa shape index (κ2) is 6.31. The Labute approximate surface area is 132 Å². The van der Waals surface area contributed by atoms with E-state index in [1.807, 2.05) is 12.1 Å². The molecule has 0 aliphatic heterocycles. The van der Waals surface area contributed by atoms with E-state index in [4.69, 9.17) is 4.74 Å². The van der Waals surface area contributed by atoms with E-state index in [0.29, 0.717) is 22.5 Å². The number of carbonyl (C=O) groups excluding carboxylic acids is 1. The molecule has 23 heavy (non-hydrogen) atoms.